The zero-order valence-electron chi connectivity index (χ0n) is 15.4. The van der Waals surface area contributed by atoms with Crippen molar-refractivity contribution in [3.05, 3.63) is 52.5 Å². The van der Waals surface area contributed by atoms with Gasteiger partial charge in [-0.25, -0.2) is 21.1 Å². The molecule has 2 aromatic rings. The van der Waals surface area contributed by atoms with E-state index in [9.17, 15) is 21.6 Å². The number of hydrogen-bond acceptors (Lipinski definition) is 5. The van der Waals surface area contributed by atoms with Gasteiger partial charge in [-0.05, 0) is 55.3 Å². The maximum atomic E-state index is 12.7. The lowest BCUT2D eigenvalue weighted by atomic mass is 10.1. The topological polar surface area (TPSA) is 101 Å². The molecule has 1 fully saturated rings. The van der Waals surface area contributed by atoms with Crippen LogP contribution >= 0.6 is 11.6 Å². The fraction of sp³-hybridized carbons (Fsp3) is 0.278. The molecule has 1 aliphatic heterocycles. The Morgan fingerprint density at radius 3 is 2.25 bits per heavy atom. The van der Waals surface area contributed by atoms with Gasteiger partial charge in [0.15, 0.2) is 0 Å². The molecule has 10 heteroatoms. The number of aryl methyl sites for hydroxylation is 2. The van der Waals surface area contributed by atoms with Gasteiger partial charge in [0.1, 0.15) is 0 Å². The van der Waals surface area contributed by atoms with Crippen molar-refractivity contribution >= 4 is 48.9 Å². The monoisotopic (exact) mass is 442 g/mol. The first-order chi connectivity index (χ1) is 12.9. The lowest BCUT2D eigenvalue weighted by Gasteiger charge is -2.16. The lowest BCUT2D eigenvalue weighted by Crippen LogP contribution is -2.30. The number of sulfonamides is 2. The predicted molar refractivity (Wildman–Crippen MR) is 109 cm³/mol. The van der Waals surface area contributed by atoms with Crippen LogP contribution in [0.25, 0.3) is 0 Å². The second-order valence-corrected chi connectivity index (χ2v) is 10.8. The van der Waals surface area contributed by atoms with E-state index in [1.807, 2.05) is 6.92 Å². The normalized spacial score (nSPS) is 19.1. The molecule has 1 saturated heterocycles. The summed E-state index contributed by atoms with van der Waals surface area (Å²) in [6.45, 7) is 5.13. The van der Waals surface area contributed by atoms with Crippen LogP contribution in [0.1, 0.15) is 18.1 Å². The first kappa shape index (κ1) is 20.6. The van der Waals surface area contributed by atoms with E-state index in [-0.39, 0.29) is 27.0 Å². The van der Waals surface area contributed by atoms with Crippen LogP contribution in [0.5, 0.6) is 0 Å². The minimum Gasteiger partial charge on any atom is -0.278 e. The maximum absolute atomic E-state index is 12.7. The van der Waals surface area contributed by atoms with Gasteiger partial charge >= 0.3 is 0 Å². The molecule has 1 amide bonds. The number of amides is 1. The third-order valence-electron chi connectivity index (χ3n) is 4.41. The third-order valence-corrected chi connectivity index (χ3v) is 7.94. The molecule has 28 heavy (non-hydrogen) atoms. The number of carbonyl (C=O) groups excluding carboxylic acids is 1. The minimum absolute atomic E-state index is 0.0793. The van der Waals surface area contributed by atoms with Crippen LogP contribution in [-0.2, 0) is 24.8 Å². The Hall–Kier alpha value is -2.10. The highest BCUT2D eigenvalue weighted by Gasteiger charge is 2.42. The number of anilines is 2. The van der Waals surface area contributed by atoms with Crippen molar-refractivity contribution in [2.24, 2.45) is 5.92 Å². The second-order valence-electron chi connectivity index (χ2n) is 6.82. The average Bonchev–Trinajstić information content (AvgIpc) is 2.78. The van der Waals surface area contributed by atoms with Crippen LogP contribution in [0, 0.1) is 19.8 Å². The summed E-state index contributed by atoms with van der Waals surface area (Å²) >= 11 is 6.16. The summed E-state index contributed by atoms with van der Waals surface area (Å²) in [6.07, 6.45) is 0. The Morgan fingerprint density at radius 1 is 1.14 bits per heavy atom. The van der Waals surface area contributed by atoms with Gasteiger partial charge in [0, 0.05) is 0 Å². The number of nitrogens with one attached hydrogen (secondary N) is 1. The molecule has 0 bridgehead atoms. The van der Waals surface area contributed by atoms with Crippen LogP contribution in [0.2, 0.25) is 5.02 Å². The molecule has 1 aliphatic rings. The van der Waals surface area contributed by atoms with Gasteiger partial charge in [0.2, 0.25) is 15.9 Å². The van der Waals surface area contributed by atoms with Crippen molar-refractivity contribution in [3.8, 4) is 0 Å². The number of benzene rings is 2. The van der Waals surface area contributed by atoms with Crippen LogP contribution in [-0.4, -0.2) is 28.5 Å². The van der Waals surface area contributed by atoms with E-state index in [0.29, 0.717) is 5.56 Å². The van der Waals surface area contributed by atoms with Gasteiger partial charge in [-0.2, -0.15) is 0 Å². The highest BCUT2D eigenvalue weighted by molar-refractivity contribution is 7.94. The number of rotatable bonds is 4. The van der Waals surface area contributed by atoms with E-state index in [4.69, 9.17) is 11.6 Å². The Balaban J connectivity index is 1.92. The van der Waals surface area contributed by atoms with Crippen LogP contribution in [0.4, 0.5) is 11.4 Å². The van der Waals surface area contributed by atoms with Gasteiger partial charge in [-0.3, -0.25) is 9.52 Å². The van der Waals surface area contributed by atoms with E-state index in [1.165, 1.54) is 31.2 Å². The quantitative estimate of drug-likeness (QED) is 0.784. The van der Waals surface area contributed by atoms with Crippen molar-refractivity contribution in [2.75, 3.05) is 14.8 Å². The molecule has 3 rings (SSSR count). The molecular weight excluding hydrogens is 424 g/mol. The zero-order valence-corrected chi connectivity index (χ0v) is 17.8. The van der Waals surface area contributed by atoms with Gasteiger partial charge in [-0.15, -0.1) is 0 Å². The van der Waals surface area contributed by atoms with E-state index < -0.39 is 31.9 Å². The molecule has 0 aromatic heterocycles. The van der Waals surface area contributed by atoms with Gasteiger partial charge in [0.25, 0.3) is 10.0 Å². The minimum atomic E-state index is -3.95. The van der Waals surface area contributed by atoms with Crippen molar-refractivity contribution in [2.45, 2.75) is 25.7 Å². The number of nitrogens with zero attached hydrogens (tertiary/aromatic N) is 1. The van der Waals surface area contributed by atoms with E-state index in [0.717, 1.165) is 9.87 Å². The van der Waals surface area contributed by atoms with Crippen molar-refractivity contribution in [3.63, 3.8) is 0 Å². The van der Waals surface area contributed by atoms with E-state index in [2.05, 4.69) is 4.72 Å². The Kier molecular flexibility index (Phi) is 5.20. The van der Waals surface area contributed by atoms with Gasteiger partial charge in [-0.1, -0.05) is 24.6 Å². The Morgan fingerprint density at radius 2 is 1.75 bits per heavy atom. The maximum Gasteiger partial charge on any atom is 0.261 e. The molecule has 150 valence electrons. The average molecular weight is 443 g/mol. The van der Waals surface area contributed by atoms with Crippen LogP contribution < -0.4 is 9.03 Å². The SMILES string of the molecule is Cc1cc(C)c(NS(=O)(=O)c2ccc(N3C(=O)[C@@H](C)CS3(=O)=O)cc2)c(Cl)c1. The Labute approximate surface area is 169 Å². The van der Waals surface area contributed by atoms with Crippen molar-refractivity contribution in [1.82, 2.24) is 0 Å². The summed E-state index contributed by atoms with van der Waals surface area (Å²) in [5.74, 6) is -1.43. The number of halogens is 1. The molecule has 2 aromatic carbocycles. The molecule has 7 nitrogen and oxygen atoms in total. The summed E-state index contributed by atoms with van der Waals surface area (Å²) in [5.41, 5.74) is 1.97. The third kappa shape index (κ3) is 3.74. The second kappa shape index (κ2) is 7.06. The number of carbonyl (C=O) groups is 1. The summed E-state index contributed by atoms with van der Waals surface area (Å²) in [5, 5.41) is 0.278. The lowest BCUT2D eigenvalue weighted by molar-refractivity contribution is -0.119. The van der Waals surface area contributed by atoms with Crippen molar-refractivity contribution in [1.29, 1.82) is 0 Å². The fourth-order valence-electron chi connectivity index (χ4n) is 3.09. The zero-order chi connectivity index (χ0) is 20.9. The molecule has 0 radical (unpaired) electrons. The first-order valence-corrected chi connectivity index (χ1v) is 11.9. The molecule has 0 spiro atoms. The first-order valence-electron chi connectivity index (χ1n) is 8.39. The van der Waals surface area contributed by atoms with Crippen LogP contribution in [0.3, 0.4) is 0 Å². The molecule has 1 atom stereocenters. The highest BCUT2D eigenvalue weighted by atomic mass is 35.5. The summed E-state index contributed by atoms with van der Waals surface area (Å²) in [7, 11) is -7.70. The fourth-order valence-corrected chi connectivity index (χ4v) is 6.48. The standard InChI is InChI=1S/C18H19ClN2O5S2/c1-11-8-12(2)17(16(19)9-11)20-28(25,26)15-6-4-14(5-7-15)21-18(22)13(3)10-27(21,23)24/h4-9,13,20H,10H2,1-3H3/t13-/m0/s1. The molecule has 0 saturated carbocycles. The van der Waals surface area contributed by atoms with Crippen molar-refractivity contribution < 1.29 is 21.6 Å². The van der Waals surface area contributed by atoms with E-state index >= 15 is 0 Å². The van der Waals surface area contributed by atoms with Crippen LogP contribution in [0.15, 0.2) is 41.3 Å². The summed E-state index contributed by atoms with van der Waals surface area (Å²) < 4.78 is 52.9. The Bertz CT molecular complexity index is 1140. The molecule has 0 aliphatic carbocycles. The molecular formula is C18H19ClN2O5S2. The molecule has 1 N–H and O–H groups in total. The molecule has 0 unspecified atom stereocenters. The smallest absolute Gasteiger partial charge is 0.261 e. The van der Waals surface area contributed by atoms with Gasteiger partial charge in [0.05, 0.1) is 33.0 Å². The summed E-state index contributed by atoms with van der Waals surface area (Å²) in [4.78, 5) is 12.1. The predicted octanol–water partition coefficient (Wildman–Crippen LogP) is 3.07. The summed E-state index contributed by atoms with van der Waals surface area (Å²) in [6, 6.07) is 8.55. The highest BCUT2D eigenvalue weighted by Crippen LogP contribution is 2.31. The number of hydrogen-bond donors (Lipinski definition) is 1. The van der Waals surface area contributed by atoms with Gasteiger partial charge < -0.3 is 0 Å². The molecule has 1 heterocycles. The van der Waals surface area contributed by atoms with E-state index in [1.54, 1.807) is 19.1 Å². The largest absolute Gasteiger partial charge is 0.278 e.